The van der Waals surface area contributed by atoms with E-state index in [4.69, 9.17) is 4.74 Å². The molecule has 1 saturated heterocycles. The van der Waals surface area contributed by atoms with Crippen LogP contribution in [0, 0.1) is 5.92 Å². The third kappa shape index (κ3) is 5.63. The number of hydrogen-bond acceptors (Lipinski definition) is 3. The van der Waals surface area contributed by atoms with Crippen LogP contribution in [-0.4, -0.2) is 29.9 Å². The highest BCUT2D eigenvalue weighted by Crippen LogP contribution is 2.24. The first-order chi connectivity index (χ1) is 15.2. The van der Waals surface area contributed by atoms with Crippen LogP contribution >= 0.6 is 0 Å². The number of nitrogens with zero attached hydrogens (tertiary/aromatic N) is 1. The van der Waals surface area contributed by atoms with Crippen molar-refractivity contribution in [1.82, 2.24) is 4.90 Å². The fraction of sp³-hybridized carbons (Fsp3) is 0.200. The molecule has 0 aliphatic carbocycles. The van der Waals surface area contributed by atoms with Crippen molar-refractivity contribution in [3.63, 3.8) is 0 Å². The molecule has 6 nitrogen and oxygen atoms in total. The largest absolute Gasteiger partial charge is 0.457 e. The average molecular weight is 415 g/mol. The number of benzene rings is 3. The van der Waals surface area contributed by atoms with Gasteiger partial charge in [-0.1, -0.05) is 36.4 Å². The Morgan fingerprint density at radius 3 is 2.10 bits per heavy atom. The highest BCUT2D eigenvalue weighted by molar-refractivity contribution is 5.94. The third-order valence-electron chi connectivity index (χ3n) is 5.21. The van der Waals surface area contributed by atoms with Gasteiger partial charge in [0.15, 0.2) is 0 Å². The van der Waals surface area contributed by atoms with E-state index >= 15 is 0 Å². The SMILES string of the molecule is O=C(Nc1ccc(Oc2ccccc2)cc1)[C@@H]1CCCN(C(=O)Nc2ccccc2)C1. The zero-order chi connectivity index (χ0) is 21.5. The number of rotatable bonds is 5. The molecule has 2 N–H and O–H groups in total. The van der Waals surface area contributed by atoms with E-state index in [-0.39, 0.29) is 17.9 Å². The number of ether oxygens (including phenoxy) is 1. The first-order valence-electron chi connectivity index (χ1n) is 10.4. The summed E-state index contributed by atoms with van der Waals surface area (Å²) in [6, 6.07) is 26.0. The van der Waals surface area contributed by atoms with E-state index < -0.39 is 0 Å². The number of amides is 3. The molecule has 0 spiro atoms. The minimum absolute atomic E-state index is 0.0751. The summed E-state index contributed by atoms with van der Waals surface area (Å²) in [5.41, 5.74) is 1.45. The van der Waals surface area contributed by atoms with Gasteiger partial charge in [-0.3, -0.25) is 4.79 Å². The molecule has 0 radical (unpaired) electrons. The zero-order valence-electron chi connectivity index (χ0n) is 17.2. The fourth-order valence-electron chi connectivity index (χ4n) is 3.57. The molecule has 0 bridgehead atoms. The molecule has 1 fully saturated rings. The Labute approximate surface area is 181 Å². The maximum Gasteiger partial charge on any atom is 0.321 e. The molecule has 1 aliphatic rings. The molecule has 3 amide bonds. The Morgan fingerprint density at radius 2 is 1.39 bits per heavy atom. The van der Waals surface area contributed by atoms with E-state index in [1.165, 1.54) is 0 Å². The highest BCUT2D eigenvalue weighted by Gasteiger charge is 2.28. The number of para-hydroxylation sites is 2. The second kappa shape index (κ2) is 9.80. The smallest absolute Gasteiger partial charge is 0.321 e. The lowest BCUT2D eigenvalue weighted by Crippen LogP contribution is -2.45. The van der Waals surface area contributed by atoms with Crippen molar-refractivity contribution >= 4 is 23.3 Å². The van der Waals surface area contributed by atoms with Gasteiger partial charge in [0.2, 0.25) is 5.91 Å². The summed E-state index contributed by atoms with van der Waals surface area (Å²) >= 11 is 0. The van der Waals surface area contributed by atoms with E-state index in [9.17, 15) is 9.59 Å². The monoisotopic (exact) mass is 415 g/mol. The Morgan fingerprint density at radius 1 is 0.774 bits per heavy atom. The second-order valence-electron chi connectivity index (χ2n) is 7.51. The van der Waals surface area contributed by atoms with Crippen molar-refractivity contribution < 1.29 is 14.3 Å². The summed E-state index contributed by atoms with van der Waals surface area (Å²) in [7, 11) is 0. The van der Waals surface area contributed by atoms with Gasteiger partial charge in [-0.25, -0.2) is 4.79 Å². The number of anilines is 2. The summed E-state index contributed by atoms with van der Waals surface area (Å²) in [5.74, 6) is 1.14. The van der Waals surface area contributed by atoms with E-state index in [1.54, 1.807) is 4.90 Å². The number of carbonyl (C=O) groups is 2. The number of piperidine rings is 1. The Balaban J connectivity index is 1.31. The summed E-state index contributed by atoms with van der Waals surface area (Å²) < 4.78 is 5.78. The predicted octanol–water partition coefficient (Wildman–Crippen LogP) is 5.36. The van der Waals surface area contributed by atoms with E-state index in [0.29, 0.717) is 24.5 Å². The molecule has 0 unspecified atom stereocenters. The number of nitrogens with one attached hydrogen (secondary N) is 2. The van der Waals surface area contributed by atoms with Gasteiger partial charge in [-0.05, 0) is 61.4 Å². The molecule has 31 heavy (non-hydrogen) atoms. The van der Waals surface area contributed by atoms with Crippen LogP contribution in [0.4, 0.5) is 16.2 Å². The molecule has 1 aliphatic heterocycles. The van der Waals surface area contributed by atoms with Gasteiger partial charge < -0.3 is 20.3 Å². The maximum absolute atomic E-state index is 12.8. The zero-order valence-corrected chi connectivity index (χ0v) is 17.2. The molecule has 3 aromatic carbocycles. The third-order valence-corrected chi connectivity index (χ3v) is 5.21. The average Bonchev–Trinajstić information content (AvgIpc) is 2.82. The Bertz CT molecular complexity index is 1010. The van der Waals surface area contributed by atoms with Gasteiger partial charge in [0.05, 0.1) is 5.92 Å². The summed E-state index contributed by atoms with van der Waals surface area (Å²) in [5, 5.41) is 5.85. The highest BCUT2D eigenvalue weighted by atomic mass is 16.5. The van der Waals surface area contributed by atoms with E-state index in [1.807, 2.05) is 84.9 Å². The predicted molar refractivity (Wildman–Crippen MR) is 121 cm³/mol. The van der Waals surface area contributed by atoms with Crippen molar-refractivity contribution in [2.24, 2.45) is 5.92 Å². The van der Waals surface area contributed by atoms with Gasteiger partial charge >= 0.3 is 6.03 Å². The van der Waals surface area contributed by atoms with Crippen LogP contribution in [0.1, 0.15) is 12.8 Å². The molecule has 158 valence electrons. The molecule has 4 rings (SSSR count). The van der Waals surface area contributed by atoms with Gasteiger partial charge in [0, 0.05) is 24.5 Å². The Kier molecular flexibility index (Phi) is 6.47. The van der Waals surface area contributed by atoms with E-state index in [2.05, 4.69) is 10.6 Å². The minimum Gasteiger partial charge on any atom is -0.457 e. The molecule has 6 heteroatoms. The normalized spacial score (nSPS) is 15.7. The van der Waals surface area contributed by atoms with Crippen LogP contribution in [0.3, 0.4) is 0 Å². The quantitative estimate of drug-likeness (QED) is 0.589. The fourth-order valence-corrected chi connectivity index (χ4v) is 3.57. The van der Waals surface area contributed by atoms with Crippen LogP contribution in [-0.2, 0) is 4.79 Å². The van der Waals surface area contributed by atoms with Crippen molar-refractivity contribution in [2.75, 3.05) is 23.7 Å². The summed E-state index contributed by atoms with van der Waals surface area (Å²) in [6.45, 7) is 1.05. The minimum atomic E-state index is -0.240. The first-order valence-corrected chi connectivity index (χ1v) is 10.4. The first kappa shape index (κ1) is 20.5. The lowest BCUT2D eigenvalue weighted by molar-refractivity contribution is -0.121. The van der Waals surface area contributed by atoms with Crippen molar-refractivity contribution in [1.29, 1.82) is 0 Å². The lowest BCUT2D eigenvalue weighted by atomic mass is 9.97. The van der Waals surface area contributed by atoms with E-state index in [0.717, 1.165) is 24.3 Å². The summed E-state index contributed by atoms with van der Waals surface area (Å²) in [6.07, 6.45) is 1.56. The van der Waals surface area contributed by atoms with Crippen molar-refractivity contribution in [3.05, 3.63) is 84.9 Å². The number of likely N-dealkylation sites (tertiary alicyclic amines) is 1. The van der Waals surface area contributed by atoms with Gasteiger partial charge in [0.1, 0.15) is 11.5 Å². The molecule has 0 aromatic heterocycles. The molecule has 1 atom stereocenters. The van der Waals surface area contributed by atoms with Crippen molar-refractivity contribution in [3.8, 4) is 11.5 Å². The van der Waals surface area contributed by atoms with Crippen LogP contribution in [0.15, 0.2) is 84.9 Å². The lowest BCUT2D eigenvalue weighted by Gasteiger charge is -2.32. The Hall–Kier alpha value is -3.80. The maximum atomic E-state index is 12.8. The van der Waals surface area contributed by atoms with Crippen LogP contribution in [0.25, 0.3) is 0 Å². The van der Waals surface area contributed by atoms with Crippen LogP contribution in [0.2, 0.25) is 0 Å². The number of carbonyl (C=O) groups excluding carboxylic acids is 2. The van der Waals surface area contributed by atoms with Gasteiger partial charge in [0.25, 0.3) is 0 Å². The molecule has 1 heterocycles. The molecular weight excluding hydrogens is 390 g/mol. The van der Waals surface area contributed by atoms with Crippen LogP contribution in [0.5, 0.6) is 11.5 Å². The molecular formula is C25H25N3O3. The summed E-state index contributed by atoms with van der Waals surface area (Å²) in [4.78, 5) is 27.0. The standard InChI is InChI=1S/C25H25N3O3/c29-24(26-21-13-15-23(16-14-21)31-22-11-5-2-6-12-22)19-8-7-17-28(18-19)25(30)27-20-9-3-1-4-10-20/h1-6,9-16,19H,7-8,17-18H2,(H,26,29)(H,27,30)/t19-/m1/s1. The van der Waals surface area contributed by atoms with Crippen molar-refractivity contribution in [2.45, 2.75) is 12.8 Å². The number of hydrogen-bond donors (Lipinski definition) is 2. The second-order valence-corrected chi connectivity index (χ2v) is 7.51. The topological polar surface area (TPSA) is 70.7 Å². The van der Waals surface area contributed by atoms with Gasteiger partial charge in [-0.2, -0.15) is 0 Å². The molecule has 3 aromatic rings. The van der Waals surface area contributed by atoms with Gasteiger partial charge in [-0.15, -0.1) is 0 Å². The molecule has 0 saturated carbocycles. The number of urea groups is 1. The van der Waals surface area contributed by atoms with Crippen LogP contribution < -0.4 is 15.4 Å².